The molecule has 2 N–H and O–H groups in total. The standard InChI is InChI=1S/C18H27N3O.ClH/c1-19-16-8-5-11-21(12-16)13-17(22)20-14-18(9-10-18)15-6-3-2-4-7-15;/h2-4,6-7,16,19H,5,8-14H2,1H3,(H,20,22);1H. The van der Waals surface area contributed by atoms with E-state index in [2.05, 4.69) is 39.8 Å². The number of nitrogens with one attached hydrogen (secondary N) is 2. The van der Waals surface area contributed by atoms with Gasteiger partial charge in [0.05, 0.1) is 6.54 Å². The Balaban J connectivity index is 0.00000192. The van der Waals surface area contributed by atoms with Gasteiger partial charge in [-0.05, 0) is 44.8 Å². The van der Waals surface area contributed by atoms with E-state index >= 15 is 0 Å². The average Bonchev–Trinajstić information content (AvgIpc) is 3.35. The Bertz CT molecular complexity index is 504. The van der Waals surface area contributed by atoms with Crippen molar-refractivity contribution in [3.63, 3.8) is 0 Å². The van der Waals surface area contributed by atoms with E-state index in [4.69, 9.17) is 0 Å². The lowest BCUT2D eigenvalue weighted by Gasteiger charge is -2.32. The van der Waals surface area contributed by atoms with Crippen molar-refractivity contribution in [2.24, 2.45) is 0 Å². The van der Waals surface area contributed by atoms with Crippen molar-refractivity contribution in [1.82, 2.24) is 15.5 Å². The van der Waals surface area contributed by atoms with Crippen molar-refractivity contribution < 1.29 is 4.79 Å². The van der Waals surface area contributed by atoms with Crippen LogP contribution in [0.2, 0.25) is 0 Å². The summed E-state index contributed by atoms with van der Waals surface area (Å²) in [6, 6.07) is 11.1. The van der Waals surface area contributed by atoms with Crippen molar-refractivity contribution in [2.75, 3.05) is 33.2 Å². The number of halogens is 1. The first-order valence-electron chi connectivity index (χ1n) is 8.44. The summed E-state index contributed by atoms with van der Waals surface area (Å²) in [7, 11) is 2.00. The highest BCUT2D eigenvalue weighted by Gasteiger charge is 2.44. The largest absolute Gasteiger partial charge is 0.354 e. The van der Waals surface area contributed by atoms with E-state index in [1.54, 1.807) is 0 Å². The zero-order valence-corrected chi connectivity index (χ0v) is 14.7. The molecule has 1 aromatic carbocycles. The number of carbonyl (C=O) groups excluding carboxylic acids is 1. The fraction of sp³-hybridized carbons (Fsp3) is 0.611. The normalized spacial score (nSPS) is 22.9. The quantitative estimate of drug-likeness (QED) is 0.834. The molecule has 1 saturated heterocycles. The van der Waals surface area contributed by atoms with Crippen molar-refractivity contribution in [3.8, 4) is 0 Å². The molecule has 0 radical (unpaired) electrons. The number of nitrogens with zero attached hydrogens (tertiary/aromatic N) is 1. The molecule has 2 fully saturated rings. The van der Waals surface area contributed by atoms with Gasteiger partial charge in [-0.25, -0.2) is 0 Å². The smallest absolute Gasteiger partial charge is 0.234 e. The van der Waals surface area contributed by atoms with Gasteiger partial charge in [0.2, 0.25) is 5.91 Å². The first-order chi connectivity index (χ1) is 10.7. The minimum absolute atomic E-state index is 0. The number of amides is 1. The fourth-order valence-corrected chi connectivity index (χ4v) is 3.47. The molecule has 23 heavy (non-hydrogen) atoms. The van der Waals surface area contributed by atoms with Crippen LogP contribution < -0.4 is 10.6 Å². The molecule has 1 aliphatic carbocycles. The molecule has 128 valence electrons. The molecule has 0 spiro atoms. The van der Waals surface area contributed by atoms with E-state index in [1.807, 2.05) is 13.1 Å². The van der Waals surface area contributed by atoms with Gasteiger partial charge < -0.3 is 10.6 Å². The summed E-state index contributed by atoms with van der Waals surface area (Å²) in [6.45, 7) is 3.32. The van der Waals surface area contributed by atoms with Gasteiger partial charge in [-0.15, -0.1) is 12.4 Å². The highest BCUT2D eigenvalue weighted by Crippen LogP contribution is 2.47. The van der Waals surface area contributed by atoms with Crippen LogP contribution in [0.3, 0.4) is 0 Å². The van der Waals surface area contributed by atoms with Gasteiger partial charge in [0.25, 0.3) is 0 Å². The lowest BCUT2D eigenvalue weighted by Crippen LogP contribution is -2.48. The summed E-state index contributed by atoms with van der Waals surface area (Å²) in [5.41, 5.74) is 1.57. The molecular formula is C18H28ClN3O. The maximum absolute atomic E-state index is 12.2. The molecular weight excluding hydrogens is 310 g/mol. The second-order valence-electron chi connectivity index (χ2n) is 6.79. The molecule has 1 amide bonds. The van der Waals surface area contributed by atoms with Gasteiger partial charge in [-0.3, -0.25) is 9.69 Å². The lowest BCUT2D eigenvalue weighted by molar-refractivity contribution is -0.122. The molecule has 1 unspecified atom stereocenters. The highest BCUT2D eigenvalue weighted by molar-refractivity contribution is 5.85. The van der Waals surface area contributed by atoms with E-state index < -0.39 is 0 Å². The predicted octanol–water partition coefficient (Wildman–Crippen LogP) is 1.94. The molecule has 4 nitrogen and oxygen atoms in total. The number of likely N-dealkylation sites (N-methyl/N-ethyl adjacent to an activating group) is 1. The van der Waals surface area contributed by atoms with Crippen molar-refractivity contribution in [3.05, 3.63) is 35.9 Å². The van der Waals surface area contributed by atoms with Crippen LogP contribution in [0.4, 0.5) is 0 Å². The second-order valence-corrected chi connectivity index (χ2v) is 6.79. The number of carbonyl (C=O) groups is 1. The van der Waals surface area contributed by atoms with Crippen LogP contribution in [0.5, 0.6) is 0 Å². The Morgan fingerprint density at radius 2 is 2.04 bits per heavy atom. The van der Waals surface area contributed by atoms with E-state index in [9.17, 15) is 4.79 Å². The summed E-state index contributed by atoms with van der Waals surface area (Å²) in [6.07, 6.45) is 4.75. The highest BCUT2D eigenvalue weighted by atomic mass is 35.5. The summed E-state index contributed by atoms with van der Waals surface area (Å²) >= 11 is 0. The summed E-state index contributed by atoms with van der Waals surface area (Å²) in [5, 5.41) is 6.48. The average molecular weight is 338 g/mol. The predicted molar refractivity (Wildman–Crippen MR) is 96.1 cm³/mol. The Morgan fingerprint density at radius 3 is 2.70 bits per heavy atom. The maximum atomic E-state index is 12.2. The second kappa shape index (κ2) is 8.13. The van der Waals surface area contributed by atoms with Crippen LogP contribution in [-0.2, 0) is 10.2 Å². The Labute approximate surface area is 145 Å². The van der Waals surface area contributed by atoms with Gasteiger partial charge in [0.15, 0.2) is 0 Å². The van der Waals surface area contributed by atoms with Gasteiger partial charge in [-0.1, -0.05) is 30.3 Å². The minimum Gasteiger partial charge on any atom is -0.354 e. The van der Waals surface area contributed by atoms with Crippen LogP contribution in [0.25, 0.3) is 0 Å². The van der Waals surface area contributed by atoms with Crippen LogP contribution in [0, 0.1) is 0 Å². The van der Waals surface area contributed by atoms with Crippen molar-refractivity contribution in [1.29, 1.82) is 0 Å². The molecule has 1 aliphatic heterocycles. The van der Waals surface area contributed by atoms with Gasteiger partial charge in [0, 0.05) is 24.5 Å². The molecule has 3 rings (SSSR count). The summed E-state index contributed by atoms with van der Waals surface area (Å²) in [4.78, 5) is 14.5. The lowest BCUT2D eigenvalue weighted by atomic mass is 9.96. The molecule has 5 heteroatoms. The van der Waals surface area contributed by atoms with Crippen molar-refractivity contribution in [2.45, 2.75) is 37.1 Å². The van der Waals surface area contributed by atoms with Gasteiger partial charge in [-0.2, -0.15) is 0 Å². The first kappa shape index (κ1) is 18.2. The van der Waals surface area contributed by atoms with Gasteiger partial charge in [0.1, 0.15) is 0 Å². The van der Waals surface area contributed by atoms with E-state index in [0.29, 0.717) is 12.6 Å². The third-order valence-corrected chi connectivity index (χ3v) is 5.14. The molecule has 1 heterocycles. The number of rotatable bonds is 6. The molecule has 2 aliphatic rings. The fourth-order valence-electron chi connectivity index (χ4n) is 3.47. The first-order valence-corrected chi connectivity index (χ1v) is 8.44. The Hall–Kier alpha value is -1.10. The number of hydrogen-bond donors (Lipinski definition) is 2. The SMILES string of the molecule is CNC1CCCN(CC(=O)NCC2(c3ccccc3)CC2)C1.Cl. The molecule has 1 atom stereocenters. The number of hydrogen-bond acceptors (Lipinski definition) is 3. The Kier molecular flexibility index (Phi) is 6.45. The topological polar surface area (TPSA) is 44.4 Å². The third-order valence-electron chi connectivity index (χ3n) is 5.14. The minimum atomic E-state index is 0. The van der Waals surface area contributed by atoms with Crippen LogP contribution >= 0.6 is 12.4 Å². The monoisotopic (exact) mass is 337 g/mol. The van der Waals surface area contributed by atoms with Gasteiger partial charge >= 0.3 is 0 Å². The van der Waals surface area contributed by atoms with E-state index in [1.165, 1.54) is 31.2 Å². The summed E-state index contributed by atoms with van der Waals surface area (Å²) < 4.78 is 0. The number of likely N-dealkylation sites (tertiary alicyclic amines) is 1. The number of piperidine rings is 1. The van der Waals surface area contributed by atoms with E-state index in [-0.39, 0.29) is 23.7 Å². The van der Waals surface area contributed by atoms with Crippen LogP contribution in [0.15, 0.2) is 30.3 Å². The molecule has 1 aromatic rings. The van der Waals surface area contributed by atoms with E-state index in [0.717, 1.165) is 19.6 Å². The molecule has 1 saturated carbocycles. The Morgan fingerprint density at radius 1 is 1.30 bits per heavy atom. The zero-order valence-electron chi connectivity index (χ0n) is 13.9. The van der Waals surface area contributed by atoms with Crippen LogP contribution in [0.1, 0.15) is 31.2 Å². The third kappa shape index (κ3) is 4.69. The van der Waals surface area contributed by atoms with Crippen LogP contribution in [-0.4, -0.2) is 50.1 Å². The number of benzene rings is 1. The molecule has 0 bridgehead atoms. The maximum Gasteiger partial charge on any atom is 0.234 e. The van der Waals surface area contributed by atoms with Crippen molar-refractivity contribution >= 4 is 18.3 Å². The zero-order chi connectivity index (χ0) is 15.4. The summed E-state index contributed by atoms with van der Waals surface area (Å²) in [5.74, 6) is 0.166. The molecule has 0 aromatic heterocycles.